The Labute approximate surface area is 145 Å². The number of carbonyl (C=O) groups is 1. The van der Waals surface area contributed by atoms with E-state index in [1.165, 1.54) is 32.1 Å². The fourth-order valence-corrected chi connectivity index (χ4v) is 3.98. The molecule has 1 amide bonds. The van der Waals surface area contributed by atoms with E-state index in [4.69, 9.17) is 0 Å². The molecule has 1 aliphatic heterocycles. The van der Waals surface area contributed by atoms with E-state index in [0.29, 0.717) is 6.54 Å². The van der Waals surface area contributed by atoms with Gasteiger partial charge in [0.15, 0.2) is 0 Å². The van der Waals surface area contributed by atoms with Gasteiger partial charge in [-0.15, -0.1) is 0 Å². The molecule has 2 heterocycles. The van der Waals surface area contributed by atoms with Gasteiger partial charge in [-0.2, -0.15) is 0 Å². The first-order valence-electron chi connectivity index (χ1n) is 9.48. The highest BCUT2D eigenvalue weighted by molar-refractivity contribution is 5.78. The van der Waals surface area contributed by atoms with Gasteiger partial charge in [0.05, 0.1) is 5.69 Å². The number of nitrogens with zero attached hydrogens (tertiary/aromatic N) is 2. The summed E-state index contributed by atoms with van der Waals surface area (Å²) in [6.45, 7) is 3.59. The molecule has 5 heteroatoms. The van der Waals surface area contributed by atoms with Crippen LogP contribution in [0.5, 0.6) is 0 Å². The van der Waals surface area contributed by atoms with Crippen LogP contribution in [0.1, 0.15) is 44.9 Å². The molecule has 1 aromatic heterocycles. The van der Waals surface area contributed by atoms with E-state index in [0.717, 1.165) is 44.2 Å². The van der Waals surface area contributed by atoms with E-state index in [9.17, 15) is 4.79 Å². The number of carbonyl (C=O) groups excluding carboxylic acids is 1. The molecule has 0 atom stereocenters. The summed E-state index contributed by atoms with van der Waals surface area (Å²) in [5.74, 6) is 0.425. The third kappa shape index (κ3) is 4.94. The summed E-state index contributed by atoms with van der Waals surface area (Å²) >= 11 is 0. The van der Waals surface area contributed by atoms with E-state index in [-0.39, 0.29) is 11.8 Å². The maximum atomic E-state index is 12.3. The number of anilines is 1. The van der Waals surface area contributed by atoms with Gasteiger partial charge in [0, 0.05) is 37.4 Å². The first-order chi connectivity index (χ1) is 11.8. The monoisotopic (exact) mass is 330 g/mol. The Morgan fingerprint density at radius 2 is 1.92 bits per heavy atom. The predicted octanol–water partition coefficient (Wildman–Crippen LogP) is 2.65. The van der Waals surface area contributed by atoms with Crippen LogP contribution < -0.4 is 10.6 Å². The summed E-state index contributed by atoms with van der Waals surface area (Å²) in [6, 6.07) is 4.67. The smallest absolute Gasteiger partial charge is 0.223 e. The summed E-state index contributed by atoms with van der Waals surface area (Å²) in [7, 11) is 0. The third-order valence-electron chi connectivity index (χ3n) is 5.41. The van der Waals surface area contributed by atoms with Gasteiger partial charge in [0.2, 0.25) is 5.91 Å². The Morgan fingerprint density at radius 3 is 2.62 bits per heavy atom. The Kier molecular flexibility index (Phi) is 6.47. The largest absolute Gasteiger partial charge is 0.382 e. The van der Waals surface area contributed by atoms with Crippen molar-refractivity contribution in [2.24, 2.45) is 5.92 Å². The SMILES string of the molecule is O=C(NCCNc1cccnc1)C1CCN(C2CCCCC2)CC1. The van der Waals surface area contributed by atoms with Crippen molar-refractivity contribution in [3.63, 3.8) is 0 Å². The molecule has 1 aromatic rings. The van der Waals surface area contributed by atoms with Gasteiger partial charge in [-0.1, -0.05) is 19.3 Å². The van der Waals surface area contributed by atoms with Crippen molar-refractivity contribution < 1.29 is 4.79 Å². The Hall–Kier alpha value is -1.62. The van der Waals surface area contributed by atoms with Crippen LogP contribution in [-0.2, 0) is 4.79 Å². The highest BCUT2D eigenvalue weighted by Crippen LogP contribution is 2.27. The molecule has 0 unspecified atom stereocenters. The second kappa shape index (κ2) is 9.02. The van der Waals surface area contributed by atoms with Crippen LogP contribution in [0.2, 0.25) is 0 Å². The molecule has 2 N–H and O–H groups in total. The summed E-state index contributed by atoms with van der Waals surface area (Å²) in [4.78, 5) is 19.0. The van der Waals surface area contributed by atoms with Crippen LogP contribution in [0.25, 0.3) is 0 Å². The standard InChI is InChI=1S/C19H30N4O/c24-19(22-12-11-21-17-5-4-10-20-15-17)16-8-13-23(14-9-16)18-6-2-1-3-7-18/h4-5,10,15-16,18,21H,1-3,6-9,11-14H2,(H,22,24). The zero-order chi connectivity index (χ0) is 16.6. The summed E-state index contributed by atoms with van der Waals surface area (Å²) in [6.07, 6.45) is 12.5. The molecule has 0 aromatic carbocycles. The Bertz CT molecular complexity index is 493. The van der Waals surface area contributed by atoms with Gasteiger partial charge >= 0.3 is 0 Å². The van der Waals surface area contributed by atoms with E-state index < -0.39 is 0 Å². The fourth-order valence-electron chi connectivity index (χ4n) is 3.98. The van der Waals surface area contributed by atoms with Crippen LogP contribution in [0.4, 0.5) is 5.69 Å². The normalized spacial score (nSPS) is 20.7. The zero-order valence-corrected chi connectivity index (χ0v) is 14.5. The third-order valence-corrected chi connectivity index (χ3v) is 5.41. The highest BCUT2D eigenvalue weighted by Gasteiger charge is 2.29. The number of hydrogen-bond donors (Lipinski definition) is 2. The van der Waals surface area contributed by atoms with Crippen molar-refractivity contribution in [2.75, 3.05) is 31.5 Å². The van der Waals surface area contributed by atoms with Gasteiger partial charge in [-0.25, -0.2) is 0 Å². The lowest BCUT2D eigenvalue weighted by atomic mass is 9.90. The molecule has 0 radical (unpaired) electrons. The van der Waals surface area contributed by atoms with Crippen molar-refractivity contribution in [3.05, 3.63) is 24.5 Å². The topological polar surface area (TPSA) is 57.3 Å². The van der Waals surface area contributed by atoms with Gasteiger partial charge in [0.25, 0.3) is 0 Å². The van der Waals surface area contributed by atoms with Crippen LogP contribution in [-0.4, -0.2) is 48.0 Å². The zero-order valence-electron chi connectivity index (χ0n) is 14.5. The van der Waals surface area contributed by atoms with Gasteiger partial charge in [-0.3, -0.25) is 9.78 Å². The number of piperidine rings is 1. The molecule has 132 valence electrons. The number of pyridine rings is 1. The van der Waals surface area contributed by atoms with E-state index >= 15 is 0 Å². The van der Waals surface area contributed by atoms with Gasteiger partial charge in [0.1, 0.15) is 0 Å². The molecule has 1 aliphatic carbocycles. The van der Waals surface area contributed by atoms with Crippen molar-refractivity contribution in [3.8, 4) is 0 Å². The second-order valence-corrected chi connectivity index (χ2v) is 7.06. The molecule has 2 fully saturated rings. The average Bonchev–Trinajstić information content (AvgIpc) is 2.67. The van der Waals surface area contributed by atoms with Gasteiger partial charge in [-0.05, 0) is 50.9 Å². The number of hydrogen-bond acceptors (Lipinski definition) is 4. The quantitative estimate of drug-likeness (QED) is 0.787. The summed E-state index contributed by atoms with van der Waals surface area (Å²) < 4.78 is 0. The molecule has 2 aliphatic rings. The van der Waals surface area contributed by atoms with E-state index in [1.54, 1.807) is 12.4 Å². The van der Waals surface area contributed by atoms with Crippen LogP contribution >= 0.6 is 0 Å². The molecular formula is C19H30N4O. The second-order valence-electron chi connectivity index (χ2n) is 7.06. The first-order valence-corrected chi connectivity index (χ1v) is 9.48. The number of likely N-dealkylation sites (tertiary alicyclic amines) is 1. The Balaban J connectivity index is 1.31. The van der Waals surface area contributed by atoms with Crippen molar-refractivity contribution in [2.45, 2.75) is 51.0 Å². The summed E-state index contributed by atoms with van der Waals surface area (Å²) in [5.41, 5.74) is 0.993. The molecule has 3 rings (SSSR count). The van der Waals surface area contributed by atoms with E-state index in [2.05, 4.69) is 20.5 Å². The van der Waals surface area contributed by atoms with Crippen LogP contribution in [0.3, 0.4) is 0 Å². The van der Waals surface area contributed by atoms with Gasteiger partial charge < -0.3 is 15.5 Å². The molecule has 1 saturated heterocycles. The van der Waals surface area contributed by atoms with E-state index in [1.807, 2.05) is 12.1 Å². The maximum absolute atomic E-state index is 12.3. The minimum Gasteiger partial charge on any atom is -0.382 e. The average molecular weight is 330 g/mol. The number of nitrogens with one attached hydrogen (secondary N) is 2. The predicted molar refractivity (Wildman–Crippen MR) is 96.9 cm³/mol. The van der Waals surface area contributed by atoms with Crippen LogP contribution in [0, 0.1) is 5.92 Å². The number of aromatic nitrogens is 1. The molecule has 0 bridgehead atoms. The molecule has 1 saturated carbocycles. The minimum atomic E-state index is 0.197. The molecule has 5 nitrogen and oxygen atoms in total. The lowest BCUT2D eigenvalue weighted by Gasteiger charge is -2.38. The number of rotatable bonds is 6. The van der Waals surface area contributed by atoms with Crippen molar-refractivity contribution in [1.82, 2.24) is 15.2 Å². The summed E-state index contributed by atoms with van der Waals surface area (Å²) in [5, 5.41) is 6.34. The van der Waals surface area contributed by atoms with Crippen molar-refractivity contribution >= 4 is 11.6 Å². The molecule has 0 spiro atoms. The molecule has 24 heavy (non-hydrogen) atoms. The lowest BCUT2D eigenvalue weighted by molar-refractivity contribution is -0.126. The molecular weight excluding hydrogens is 300 g/mol. The minimum absolute atomic E-state index is 0.197. The fraction of sp³-hybridized carbons (Fsp3) is 0.684. The first kappa shape index (κ1) is 17.2. The maximum Gasteiger partial charge on any atom is 0.223 e. The Morgan fingerprint density at radius 1 is 1.12 bits per heavy atom. The lowest BCUT2D eigenvalue weighted by Crippen LogP contribution is -2.45. The highest BCUT2D eigenvalue weighted by atomic mass is 16.1. The number of amides is 1. The van der Waals surface area contributed by atoms with Crippen molar-refractivity contribution in [1.29, 1.82) is 0 Å². The van der Waals surface area contributed by atoms with Crippen LogP contribution in [0.15, 0.2) is 24.5 Å².